The first-order valence-electron chi connectivity index (χ1n) is 9.01. The van der Waals surface area contributed by atoms with E-state index in [0.717, 1.165) is 0 Å². The first-order valence-corrected chi connectivity index (χ1v) is 11.2. The van der Waals surface area contributed by atoms with Gasteiger partial charge in [-0.05, 0) is 0 Å². The van der Waals surface area contributed by atoms with Crippen molar-refractivity contribution in [2.75, 3.05) is 13.2 Å². The van der Waals surface area contributed by atoms with Crippen LogP contribution in [0.2, 0.25) is 0 Å². The molecule has 0 aromatic heterocycles. The van der Waals surface area contributed by atoms with Gasteiger partial charge in [-0.25, -0.2) is 0 Å². The first kappa shape index (κ1) is 17.6. The number of carbonyl (C=O) groups excluding carboxylic acids is 1. The Kier molecular flexibility index (Phi) is 3.23. The molecule has 0 amide bonds. The van der Waals surface area contributed by atoms with Gasteiger partial charge in [-0.2, -0.15) is 0 Å². The van der Waals surface area contributed by atoms with Crippen LogP contribution < -0.4 is 0 Å². The van der Waals surface area contributed by atoms with Gasteiger partial charge in [0.25, 0.3) is 0 Å². The number of carbonyl (C=O) groups is 1. The van der Waals surface area contributed by atoms with Crippen molar-refractivity contribution < 1.29 is 31.9 Å². The molecule has 0 bridgehead atoms. The third-order valence-electron chi connectivity index (χ3n) is 4.80. The van der Waals surface area contributed by atoms with E-state index in [1.165, 1.54) is 0 Å². The summed E-state index contributed by atoms with van der Waals surface area (Å²) in [5, 5.41) is 0. The van der Waals surface area contributed by atoms with Crippen LogP contribution in [0.25, 0.3) is 11.5 Å². The summed E-state index contributed by atoms with van der Waals surface area (Å²) in [5.41, 5.74) is 0.0540. The molecule has 1 spiro atoms. The van der Waals surface area contributed by atoms with E-state index in [1.54, 1.807) is 13.8 Å². The summed E-state index contributed by atoms with van der Waals surface area (Å²) in [7, 11) is -5.76. The zero-order chi connectivity index (χ0) is 19.5. The standard InChI is InChI=1S/C20H20O7P/c1-20(2)19(21)26-28(27-20,22-13-14-23-28)24-17(15-9-5-3-6-10-15)18(25-28)16-11-7-4-8-12-16/h3-12H,13-14H2,1-2H3/q-1. The van der Waals surface area contributed by atoms with Crippen LogP contribution in [0.15, 0.2) is 60.7 Å². The number of rotatable bonds is 2. The zero-order valence-electron chi connectivity index (χ0n) is 15.5. The van der Waals surface area contributed by atoms with Crippen LogP contribution in [0.1, 0.15) is 25.0 Å². The second-order valence-electron chi connectivity index (χ2n) is 7.34. The van der Waals surface area contributed by atoms with E-state index in [0.29, 0.717) is 22.6 Å². The van der Waals surface area contributed by atoms with Crippen LogP contribution in [0.4, 0.5) is 0 Å². The second-order valence-corrected chi connectivity index (χ2v) is 10.8. The predicted octanol–water partition coefficient (Wildman–Crippen LogP) is 4.54. The molecule has 2 aromatic rings. The quantitative estimate of drug-likeness (QED) is 0.682. The summed E-state index contributed by atoms with van der Waals surface area (Å²) in [6.07, 6.45) is 0. The van der Waals surface area contributed by atoms with E-state index >= 15 is 0 Å². The minimum absolute atomic E-state index is 0.101. The van der Waals surface area contributed by atoms with Crippen LogP contribution in [-0.2, 0) is 31.9 Å². The first-order chi connectivity index (χ1) is 13.3. The molecule has 0 unspecified atom stereocenters. The fourth-order valence-electron chi connectivity index (χ4n) is 3.59. The molecule has 2 fully saturated rings. The van der Waals surface area contributed by atoms with Crippen LogP contribution in [0.3, 0.4) is 0 Å². The third kappa shape index (κ3) is 2.22. The molecule has 2 saturated heterocycles. The van der Waals surface area contributed by atoms with Gasteiger partial charge in [0, 0.05) is 0 Å². The maximum absolute atomic E-state index is 12.6. The Bertz CT molecular complexity index is 952. The van der Waals surface area contributed by atoms with Gasteiger partial charge in [-0.3, -0.25) is 0 Å². The van der Waals surface area contributed by atoms with Gasteiger partial charge in [0.1, 0.15) is 0 Å². The molecular formula is C20H20O7P-. The van der Waals surface area contributed by atoms with Gasteiger partial charge in [0.2, 0.25) is 0 Å². The van der Waals surface area contributed by atoms with Crippen molar-refractivity contribution in [2.45, 2.75) is 19.4 Å². The molecule has 3 heterocycles. The SMILES string of the molecule is CC1(C)O[P-]23(OCCO2)(OC1=O)OC(c1ccccc1)=C(c1ccccc1)O3. The van der Waals surface area contributed by atoms with E-state index < -0.39 is 18.9 Å². The van der Waals surface area contributed by atoms with E-state index in [9.17, 15) is 4.79 Å². The van der Waals surface area contributed by atoms with Crippen LogP contribution >= 0.6 is 7.31 Å². The average Bonchev–Trinajstić information content (AvgIpc) is 3.27. The summed E-state index contributed by atoms with van der Waals surface area (Å²) in [6.45, 7) is 3.33. The number of benzene rings is 2. The molecular weight excluding hydrogens is 383 g/mol. The van der Waals surface area contributed by atoms with Crippen molar-refractivity contribution in [1.82, 2.24) is 0 Å². The second kappa shape index (κ2) is 5.13. The van der Waals surface area contributed by atoms with Gasteiger partial charge >= 0.3 is 161 Å². The zero-order valence-corrected chi connectivity index (χ0v) is 16.4. The Balaban J connectivity index is 1.74. The molecule has 148 valence electrons. The summed E-state index contributed by atoms with van der Waals surface area (Å²) in [6, 6.07) is 18.7. The van der Waals surface area contributed by atoms with E-state index in [2.05, 4.69) is 0 Å². The molecule has 3 aliphatic heterocycles. The third-order valence-corrected chi connectivity index (χ3v) is 8.70. The van der Waals surface area contributed by atoms with Crippen molar-refractivity contribution >= 4 is 24.8 Å². The molecule has 2 aromatic carbocycles. The van der Waals surface area contributed by atoms with Crippen LogP contribution in [0.5, 0.6) is 0 Å². The van der Waals surface area contributed by atoms with Gasteiger partial charge in [0.05, 0.1) is 0 Å². The summed E-state index contributed by atoms with van der Waals surface area (Å²) >= 11 is 0. The van der Waals surface area contributed by atoms with Gasteiger partial charge in [-0.15, -0.1) is 0 Å². The van der Waals surface area contributed by atoms with Crippen LogP contribution in [-0.4, -0.2) is 24.8 Å². The molecule has 0 saturated carbocycles. The van der Waals surface area contributed by atoms with Gasteiger partial charge < -0.3 is 0 Å². The topological polar surface area (TPSA) is 72.5 Å². The fraction of sp³-hybridized carbons (Fsp3) is 0.250. The van der Waals surface area contributed by atoms with Crippen molar-refractivity contribution in [2.24, 2.45) is 0 Å². The normalized spacial score (nSPS) is 28.0. The molecule has 8 heteroatoms. The molecule has 0 N–H and O–H groups in total. The van der Waals surface area contributed by atoms with Crippen molar-refractivity contribution in [3.8, 4) is 0 Å². The van der Waals surface area contributed by atoms with E-state index in [1.807, 2.05) is 60.7 Å². The molecule has 5 rings (SSSR count). The molecule has 28 heavy (non-hydrogen) atoms. The fourth-order valence-corrected chi connectivity index (χ4v) is 7.89. The maximum atomic E-state index is 12.6. The molecule has 7 nitrogen and oxygen atoms in total. The Labute approximate surface area is 161 Å². The van der Waals surface area contributed by atoms with Gasteiger partial charge in [0.15, 0.2) is 0 Å². The van der Waals surface area contributed by atoms with E-state index in [4.69, 9.17) is 27.1 Å². The van der Waals surface area contributed by atoms with Crippen molar-refractivity contribution in [1.29, 1.82) is 0 Å². The minimum atomic E-state index is -5.76. The Morgan fingerprint density at radius 1 is 0.750 bits per heavy atom. The molecule has 0 atom stereocenters. The Hall–Kier alpha value is -2.44. The van der Waals surface area contributed by atoms with Gasteiger partial charge in [-0.1, -0.05) is 0 Å². The molecule has 0 radical (unpaired) electrons. The summed E-state index contributed by atoms with van der Waals surface area (Å²) in [5.74, 6) is -0.0174. The van der Waals surface area contributed by atoms with Crippen LogP contribution in [0, 0.1) is 0 Å². The Morgan fingerprint density at radius 3 is 1.61 bits per heavy atom. The summed E-state index contributed by atoms with van der Waals surface area (Å²) < 4.78 is 36.2. The number of hydrogen-bond acceptors (Lipinski definition) is 7. The van der Waals surface area contributed by atoms with Crippen molar-refractivity contribution in [3.05, 3.63) is 71.8 Å². The summed E-state index contributed by atoms with van der Waals surface area (Å²) in [4.78, 5) is 12.6. The number of hydrogen-bond donors (Lipinski definition) is 0. The predicted molar refractivity (Wildman–Crippen MR) is 102 cm³/mol. The molecule has 3 aliphatic rings. The average molecular weight is 403 g/mol. The van der Waals surface area contributed by atoms with Crippen molar-refractivity contribution in [3.63, 3.8) is 0 Å². The Morgan fingerprint density at radius 2 is 1.21 bits per heavy atom. The van der Waals surface area contributed by atoms with E-state index in [-0.39, 0.29) is 13.2 Å². The monoisotopic (exact) mass is 403 g/mol. The molecule has 0 aliphatic carbocycles.